The zero-order valence-corrected chi connectivity index (χ0v) is 5.69. The molecular formula is C7H7F3O. The lowest BCUT2D eigenvalue weighted by Gasteiger charge is -1.96. The number of allylic oxidation sites excluding steroid dienone is 1. The summed E-state index contributed by atoms with van der Waals surface area (Å²) >= 11 is 0. The quantitative estimate of drug-likeness (QED) is 0.461. The van der Waals surface area contributed by atoms with Crippen molar-refractivity contribution >= 4 is 0 Å². The predicted octanol–water partition coefficient (Wildman–Crippen LogP) is 2.41. The number of rotatable bonds is 3. The highest BCUT2D eigenvalue weighted by atomic mass is 19.2. The summed E-state index contributed by atoms with van der Waals surface area (Å²) in [7, 11) is 0. The van der Waals surface area contributed by atoms with E-state index in [2.05, 4.69) is 0 Å². The van der Waals surface area contributed by atoms with Crippen molar-refractivity contribution in [3.8, 4) is 0 Å². The molecule has 1 aliphatic heterocycles. The second-order valence-electron chi connectivity index (χ2n) is 2.25. The van der Waals surface area contributed by atoms with Crippen LogP contribution < -0.4 is 0 Å². The summed E-state index contributed by atoms with van der Waals surface area (Å²) < 4.78 is 40.3. The molecule has 62 valence electrons. The van der Waals surface area contributed by atoms with Crippen LogP contribution in [-0.4, -0.2) is 12.7 Å². The van der Waals surface area contributed by atoms with Crippen LogP contribution in [0.4, 0.5) is 13.2 Å². The molecule has 0 radical (unpaired) electrons. The van der Waals surface area contributed by atoms with Crippen LogP contribution in [0.2, 0.25) is 0 Å². The minimum atomic E-state index is -1.16. The molecule has 0 bridgehead atoms. The van der Waals surface area contributed by atoms with Gasteiger partial charge in [-0.05, 0) is 0 Å². The molecule has 0 aromatic carbocycles. The van der Waals surface area contributed by atoms with Gasteiger partial charge in [-0.1, -0.05) is 0 Å². The Morgan fingerprint density at radius 1 is 1.45 bits per heavy atom. The second kappa shape index (κ2) is 3.57. The Kier molecular flexibility index (Phi) is 2.70. The lowest BCUT2D eigenvalue weighted by Crippen LogP contribution is -1.90. The van der Waals surface area contributed by atoms with Crippen molar-refractivity contribution in [3.63, 3.8) is 0 Å². The van der Waals surface area contributed by atoms with Crippen LogP contribution in [0.1, 0.15) is 6.42 Å². The van der Waals surface area contributed by atoms with Crippen molar-refractivity contribution in [3.05, 3.63) is 24.1 Å². The van der Waals surface area contributed by atoms with Crippen LogP contribution in [0.25, 0.3) is 0 Å². The monoisotopic (exact) mass is 164 g/mol. The molecule has 1 saturated heterocycles. The Morgan fingerprint density at radius 2 is 2.09 bits per heavy atom. The van der Waals surface area contributed by atoms with E-state index in [1.54, 1.807) is 0 Å². The van der Waals surface area contributed by atoms with Crippen LogP contribution in [0, 0.1) is 0 Å². The maximum Gasteiger partial charge on any atom is 0.156 e. The van der Waals surface area contributed by atoms with Crippen LogP contribution in [0.5, 0.6) is 0 Å². The van der Waals surface area contributed by atoms with Crippen molar-refractivity contribution in [1.29, 1.82) is 0 Å². The first-order valence-electron chi connectivity index (χ1n) is 3.15. The van der Waals surface area contributed by atoms with Crippen molar-refractivity contribution in [1.82, 2.24) is 0 Å². The molecule has 1 nitrogen and oxygen atoms in total. The molecular weight excluding hydrogens is 157 g/mol. The van der Waals surface area contributed by atoms with E-state index in [0.29, 0.717) is 6.61 Å². The van der Waals surface area contributed by atoms with Gasteiger partial charge in [-0.3, -0.25) is 0 Å². The first-order valence-corrected chi connectivity index (χ1v) is 3.15. The maximum atomic E-state index is 12.3. The van der Waals surface area contributed by atoms with Crippen LogP contribution in [-0.2, 0) is 4.74 Å². The van der Waals surface area contributed by atoms with E-state index in [9.17, 15) is 13.2 Å². The average molecular weight is 164 g/mol. The predicted molar refractivity (Wildman–Crippen MR) is 33.8 cm³/mol. The van der Waals surface area contributed by atoms with E-state index < -0.39 is 5.83 Å². The molecule has 0 aliphatic carbocycles. The summed E-state index contributed by atoms with van der Waals surface area (Å²) in [4.78, 5) is 0. The highest BCUT2D eigenvalue weighted by Crippen LogP contribution is 2.24. The third-order valence-electron chi connectivity index (χ3n) is 1.38. The lowest BCUT2D eigenvalue weighted by molar-refractivity contribution is 0.403. The van der Waals surface area contributed by atoms with Crippen molar-refractivity contribution in [2.75, 3.05) is 6.61 Å². The van der Waals surface area contributed by atoms with Crippen LogP contribution in [0.3, 0.4) is 0 Å². The molecule has 1 aliphatic rings. The Morgan fingerprint density at radius 3 is 2.45 bits per heavy atom. The molecule has 0 spiro atoms. The normalized spacial score (nSPS) is 25.5. The highest BCUT2D eigenvalue weighted by molar-refractivity contribution is 5.23. The van der Waals surface area contributed by atoms with Gasteiger partial charge in [0.15, 0.2) is 5.83 Å². The van der Waals surface area contributed by atoms with Crippen LogP contribution in [0.15, 0.2) is 24.1 Å². The smallest absolute Gasteiger partial charge is 0.156 e. The van der Waals surface area contributed by atoms with Gasteiger partial charge in [0.2, 0.25) is 0 Å². The summed E-state index contributed by atoms with van der Waals surface area (Å²) in [5.74, 6) is -1.16. The van der Waals surface area contributed by atoms with Crippen molar-refractivity contribution in [2.45, 2.75) is 12.5 Å². The first-order chi connectivity index (χ1) is 5.27. The molecule has 11 heavy (non-hydrogen) atoms. The molecule has 4 heteroatoms. The molecule has 1 unspecified atom stereocenters. The third kappa shape index (κ3) is 2.38. The van der Waals surface area contributed by atoms with Gasteiger partial charge in [0, 0.05) is 12.0 Å². The van der Waals surface area contributed by atoms with E-state index in [1.807, 2.05) is 0 Å². The van der Waals surface area contributed by atoms with Crippen molar-refractivity contribution in [2.24, 2.45) is 0 Å². The standard InChI is InChI=1S/C7H7F3O/c8-2-5(7(10)3-9)1-6-4-11-6/h2-3,6H,1,4H2/b5-2-,7-3+. The van der Waals surface area contributed by atoms with Gasteiger partial charge in [0.1, 0.15) is 6.33 Å². The third-order valence-corrected chi connectivity index (χ3v) is 1.38. The fourth-order valence-electron chi connectivity index (χ4n) is 0.695. The van der Waals surface area contributed by atoms with Crippen LogP contribution >= 0.6 is 0 Å². The zero-order valence-electron chi connectivity index (χ0n) is 5.69. The Bertz CT molecular complexity index is 194. The largest absolute Gasteiger partial charge is 0.373 e. The number of hydrogen-bond donors (Lipinski definition) is 0. The summed E-state index contributed by atoms with van der Waals surface area (Å²) in [6, 6.07) is 0. The maximum absolute atomic E-state index is 12.3. The molecule has 0 N–H and O–H groups in total. The van der Waals surface area contributed by atoms with Crippen molar-refractivity contribution < 1.29 is 17.9 Å². The van der Waals surface area contributed by atoms with E-state index in [4.69, 9.17) is 4.74 Å². The van der Waals surface area contributed by atoms with Gasteiger partial charge < -0.3 is 4.74 Å². The number of halogens is 3. The van der Waals surface area contributed by atoms with Gasteiger partial charge in [-0.25, -0.2) is 13.2 Å². The summed E-state index contributed by atoms with van der Waals surface area (Å²) in [5.41, 5.74) is -0.282. The van der Waals surface area contributed by atoms with Gasteiger partial charge in [0.25, 0.3) is 0 Å². The van der Waals surface area contributed by atoms with Gasteiger partial charge in [0.05, 0.1) is 19.0 Å². The summed E-state index contributed by atoms with van der Waals surface area (Å²) in [6.45, 7) is 0.497. The molecule has 1 atom stereocenters. The molecule has 1 heterocycles. The molecule has 1 rings (SSSR count). The topological polar surface area (TPSA) is 12.5 Å². The number of hydrogen-bond acceptors (Lipinski definition) is 1. The Hall–Kier alpha value is -0.770. The molecule has 1 fully saturated rings. The van der Waals surface area contributed by atoms with E-state index in [0.717, 1.165) is 0 Å². The Labute approximate surface area is 62.2 Å². The molecule has 0 amide bonds. The first kappa shape index (κ1) is 8.33. The van der Waals surface area contributed by atoms with Gasteiger partial charge >= 0.3 is 0 Å². The minimum absolute atomic E-state index is 0.0626. The Balaban J connectivity index is 2.48. The summed E-state index contributed by atoms with van der Waals surface area (Å²) in [6.07, 6.45) is -0.230. The molecule has 0 aromatic rings. The molecule has 0 aromatic heterocycles. The fraction of sp³-hybridized carbons (Fsp3) is 0.429. The lowest BCUT2D eigenvalue weighted by atomic mass is 10.1. The van der Waals surface area contributed by atoms with Gasteiger partial charge in [-0.2, -0.15) is 0 Å². The van der Waals surface area contributed by atoms with Gasteiger partial charge in [-0.15, -0.1) is 0 Å². The van der Waals surface area contributed by atoms with E-state index in [1.165, 1.54) is 0 Å². The summed E-state index contributed by atoms with van der Waals surface area (Å²) in [5, 5.41) is 0. The van der Waals surface area contributed by atoms with E-state index >= 15 is 0 Å². The average Bonchev–Trinajstić information content (AvgIpc) is 2.82. The second-order valence-corrected chi connectivity index (χ2v) is 2.25. The highest BCUT2D eigenvalue weighted by Gasteiger charge is 2.25. The zero-order chi connectivity index (χ0) is 8.27. The van der Waals surface area contributed by atoms with E-state index in [-0.39, 0.29) is 30.8 Å². The molecule has 0 saturated carbocycles. The number of epoxide rings is 1. The minimum Gasteiger partial charge on any atom is -0.373 e. The number of ether oxygens (including phenoxy) is 1. The SMILES string of the molecule is F/C=C(CC1CO1)\C(F)=C/F. The fourth-order valence-corrected chi connectivity index (χ4v) is 0.695.